The maximum atomic E-state index is 9.23. The largest absolute Gasteiger partial charge is 0.482 e. The number of nitriles is 1. The van der Waals surface area contributed by atoms with Crippen molar-refractivity contribution in [1.82, 2.24) is 34.3 Å². The molecule has 0 fully saturated rings. The summed E-state index contributed by atoms with van der Waals surface area (Å²) in [5.41, 5.74) is 5.40. The van der Waals surface area contributed by atoms with Gasteiger partial charge in [0.1, 0.15) is 17.4 Å². The molecule has 4 aromatic rings. The summed E-state index contributed by atoms with van der Waals surface area (Å²) in [7, 11) is 0. The van der Waals surface area contributed by atoms with E-state index in [9.17, 15) is 5.26 Å². The Morgan fingerprint density at radius 1 is 1.22 bits per heavy atom. The molecule has 0 radical (unpaired) electrons. The predicted molar refractivity (Wildman–Crippen MR) is 118 cm³/mol. The van der Waals surface area contributed by atoms with Crippen molar-refractivity contribution in [2.75, 3.05) is 13.1 Å². The average Bonchev–Trinajstić information content (AvgIpc) is 3.25. The van der Waals surface area contributed by atoms with Crippen molar-refractivity contribution in [1.29, 1.82) is 5.26 Å². The van der Waals surface area contributed by atoms with Gasteiger partial charge >= 0.3 is 0 Å². The Morgan fingerprint density at radius 3 is 2.88 bits per heavy atom. The lowest BCUT2D eigenvalue weighted by atomic mass is 10.1. The second-order valence-electron chi connectivity index (χ2n) is 7.75. The van der Waals surface area contributed by atoms with E-state index in [0.29, 0.717) is 35.9 Å². The molecule has 0 amide bonds. The number of halogens is 1. The van der Waals surface area contributed by atoms with Crippen LogP contribution < -0.4 is 4.74 Å². The third-order valence-corrected chi connectivity index (χ3v) is 6.05. The minimum atomic E-state index is -0.328. The molecule has 4 aromatic heterocycles. The lowest BCUT2D eigenvalue weighted by Crippen LogP contribution is -2.21. The van der Waals surface area contributed by atoms with Gasteiger partial charge in [-0.2, -0.15) is 15.5 Å². The fourth-order valence-corrected chi connectivity index (χ4v) is 4.29. The number of nitrogens with zero attached hydrogens (tertiary/aromatic N) is 8. The van der Waals surface area contributed by atoms with Crippen molar-refractivity contribution in [3.05, 3.63) is 59.0 Å². The van der Waals surface area contributed by atoms with Crippen LogP contribution in [0.25, 0.3) is 16.8 Å². The third-order valence-electron chi connectivity index (χ3n) is 5.77. The van der Waals surface area contributed by atoms with Gasteiger partial charge in [0.25, 0.3) is 0 Å². The second-order valence-corrected chi connectivity index (χ2v) is 8.16. The van der Waals surface area contributed by atoms with E-state index >= 15 is 0 Å². The Kier molecular flexibility index (Phi) is 5.15. The molecule has 0 aromatic carbocycles. The number of ether oxygens (including phenoxy) is 1. The molecule has 1 aliphatic rings. The standard InChI is InChI=1S/C22H21ClN8O/c1-14-19-3-6-29(13-24)7-8-30(19)28-21(14)16-9-20(22-17(23)10-27-31(22)12-16)32-15(2)18-11-25-4-5-26-18/h4-5,9-12,15H,3,6-8H2,1-2H3. The lowest BCUT2D eigenvalue weighted by Gasteiger charge is -2.16. The van der Waals surface area contributed by atoms with E-state index in [2.05, 4.69) is 28.2 Å². The molecule has 0 aliphatic carbocycles. The minimum absolute atomic E-state index is 0.328. The molecule has 0 bridgehead atoms. The summed E-state index contributed by atoms with van der Waals surface area (Å²) in [6, 6.07) is 1.95. The highest BCUT2D eigenvalue weighted by Gasteiger charge is 2.22. The molecule has 32 heavy (non-hydrogen) atoms. The fraction of sp³-hybridized carbons (Fsp3) is 0.318. The zero-order valence-corrected chi connectivity index (χ0v) is 18.5. The van der Waals surface area contributed by atoms with Crippen LogP contribution in [0.1, 0.15) is 30.0 Å². The average molecular weight is 449 g/mol. The van der Waals surface area contributed by atoms with Gasteiger partial charge in [-0.25, -0.2) is 4.52 Å². The molecule has 0 spiro atoms. The Bertz CT molecular complexity index is 1320. The Morgan fingerprint density at radius 2 is 2.09 bits per heavy atom. The highest BCUT2D eigenvalue weighted by Crippen LogP contribution is 2.35. The van der Waals surface area contributed by atoms with E-state index in [-0.39, 0.29) is 6.10 Å². The minimum Gasteiger partial charge on any atom is -0.482 e. The number of hydrogen-bond acceptors (Lipinski definition) is 7. The normalized spacial score (nSPS) is 14.6. The summed E-state index contributed by atoms with van der Waals surface area (Å²) in [6.07, 6.45) is 11.2. The molecule has 162 valence electrons. The first-order valence-corrected chi connectivity index (χ1v) is 10.7. The van der Waals surface area contributed by atoms with Crippen LogP contribution in [0.4, 0.5) is 0 Å². The molecule has 0 saturated carbocycles. The van der Waals surface area contributed by atoms with Gasteiger partial charge in [-0.15, -0.1) is 0 Å². The predicted octanol–water partition coefficient (Wildman–Crippen LogP) is 3.43. The zero-order chi connectivity index (χ0) is 22.2. The van der Waals surface area contributed by atoms with Crippen molar-refractivity contribution >= 4 is 17.1 Å². The van der Waals surface area contributed by atoms with Gasteiger partial charge in [0.15, 0.2) is 6.19 Å². The van der Waals surface area contributed by atoms with Crippen molar-refractivity contribution in [3.8, 4) is 23.2 Å². The highest BCUT2D eigenvalue weighted by molar-refractivity contribution is 6.34. The van der Waals surface area contributed by atoms with Crippen LogP contribution in [-0.4, -0.2) is 47.4 Å². The first kappa shape index (κ1) is 20.3. The summed E-state index contributed by atoms with van der Waals surface area (Å²) in [5, 5.41) is 19.0. The zero-order valence-electron chi connectivity index (χ0n) is 17.7. The first-order chi connectivity index (χ1) is 15.5. The number of hydrogen-bond donors (Lipinski definition) is 0. The van der Waals surface area contributed by atoms with E-state index < -0.39 is 0 Å². The van der Waals surface area contributed by atoms with E-state index in [1.165, 1.54) is 0 Å². The third kappa shape index (κ3) is 3.52. The van der Waals surface area contributed by atoms with Crippen molar-refractivity contribution < 1.29 is 4.74 Å². The van der Waals surface area contributed by atoms with Crippen LogP contribution in [0.3, 0.4) is 0 Å². The van der Waals surface area contributed by atoms with Gasteiger partial charge in [-0.3, -0.25) is 14.6 Å². The Balaban J connectivity index is 1.56. The molecule has 0 saturated heterocycles. The van der Waals surface area contributed by atoms with Crippen LogP contribution in [0.5, 0.6) is 5.75 Å². The van der Waals surface area contributed by atoms with Crippen LogP contribution in [0.15, 0.2) is 37.1 Å². The van der Waals surface area contributed by atoms with Gasteiger partial charge in [-0.05, 0) is 25.5 Å². The summed E-state index contributed by atoms with van der Waals surface area (Å²) in [4.78, 5) is 10.2. The van der Waals surface area contributed by atoms with E-state index in [4.69, 9.17) is 21.4 Å². The Labute approximate surface area is 189 Å². The molecule has 5 heterocycles. The number of aromatic nitrogens is 6. The van der Waals surface area contributed by atoms with Gasteiger partial charge in [0.05, 0.1) is 35.3 Å². The van der Waals surface area contributed by atoms with Crippen LogP contribution >= 0.6 is 11.6 Å². The molecule has 5 rings (SSSR count). The summed E-state index contributed by atoms with van der Waals surface area (Å²) >= 11 is 6.42. The molecule has 10 heteroatoms. The summed E-state index contributed by atoms with van der Waals surface area (Å²) < 4.78 is 10.0. The van der Waals surface area contributed by atoms with Crippen LogP contribution in [0.2, 0.25) is 5.02 Å². The quantitative estimate of drug-likeness (QED) is 0.441. The monoisotopic (exact) mass is 448 g/mol. The number of pyridine rings is 1. The molecule has 0 N–H and O–H groups in total. The van der Waals surface area contributed by atoms with E-state index in [1.54, 1.807) is 34.2 Å². The molecular weight excluding hydrogens is 428 g/mol. The SMILES string of the molecule is Cc1c(-c2cc(OC(C)c3cnccn3)c3c(Cl)cnn3c2)nn2c1CCN(C#N)CC2. The van der Waals surface area contributed by atoms with Crippen molar-refractivity contribution in [3.63, 3.8) is 0 Å². The van der Waals surface area contributed by atoms with Gasteiger partial charge in [-0.1, -0.05) is 11.6 Å². The molecule has 9 nitrogen and oxygen atoms in total. The number of fused-ring (bicyclic) bond motifs is 2. The maximum Gasteiger partial charge on any atom is 0.179 e. The second kappa shape index (κ2) is 8.13. The lowest BCUT2D eigenvalue weighted by molar-refractivity contribution is 0.223. The number of rotatable bonds is 4. The van der Waals surface area contributed by atoms with E-state index in [0.717, 1.165) is 34.6 Å². The first-order valence-electron chi connectivity index (χ1n) is 10.4. The van der Waals surface area contributed by atoms with Gasteiger partial charge < -0.3 is 9.64 Å². The van der Waals surface area contributed by atoms with E-state index in [1.807, 2.05) is 23.9 Å². The van der Waals surface area contributed by atoms with Crippen molar-refractivity contribution in [2.45, 2.75) is 32.9 Å². The van der Waals surface area contributed by atoms with Crippen LogP contribution in [0, 0.1) is 18.4 Å². The van der Waals surface area contributed by atoms with Crippen LogP contribution in [-0.2, 0) is 13.0 Å². The summed E-state index contributed by atoms with van der Waals surface area (Å²) in [5.74, 6) is 0.599. The maximum absolute atomic E-state index is 9.23. The molecular formula is C22H21ClN8O. The Hall–Kier alpha value is -3.64. The smallest absolute Gasteiger partial charge is 0.179 e. The van der Waals surface area contributed by atoms with Gasteiger partial charge in [0, 0.05) is 49.4 Å². The molecule has 1 unspecified atom stereocenters. The highest BCUT2D eigenvalue weighted by atomic mass is 35.5. The van der Waals surface area contributed by atoms with Gasteiger partial charge in [0.2, 0.25) is 0 Å². The van der Waals surface area contributed by atoms with Crippen molar-refractivity contribution in [2.24, 2.45) is 0 Å². The fourth-order valence-electron chi connectivity index (χ4n) is 4.07. The molecule has 1 atom stereocenters. The topological polar surface area (TPSA) is 97.2 Å². The molecule has 1 aliphatic heterocycles. The summed E-state index contributed by atoms with van der Waals surface area (Å²) in [6.45, 7) is 6.01.